The molecule has 0 spiro atoms. The van der Waals surface area contributed by atoms with Crippen LogP contribution in [0, 0.1) is 20.8 Å². The summed E-state index contributed by atoms with van der Waals surface area (Å²) in [4.78, 5) is 4.43. The summed E-state index contributed by atoms with van der Waals surface area (Å²) in [5.41, 5.74) is 7.33. The molecular weight excluding hydrogens is 174 g/mol. The van der Waals surface area contributed by atoms with E-state index in [9.17, 15) is 0 Å². The summed E-state index contributed by atoms with van der Waals surface area (Å²) < 4.78 is 0. The Bertz CT molecular complexity index is 363. The average Bonchev–Trinajstić information content (AvgIpc) is 2.09. The summed E-state index contributed by atoms with van der Waals surface area (Å²) >= 11 is 0. The minimum atomic E-state index is 0.842. The predicted molar refractivity (Wildman–Crippen MR) is 60.9 cm³/mol. The van der Waals surface area contributed by atoms with Crippen LogP contribution in [0.4, 0.5) is 5.82 Å². The molecule has 0 aliphatic carbocycles. The van der Waals surface area contributed by atoms with E-state index in [4.69, 9.17) is 0 Å². The molecule has 0 aliphatic rings. The topological polar surface area (TPSA) is 37.3 Å². The van der Waals surface area contributed by atoms with Gasteiger partial charge in [0.05, 0.1) is 0 Å². The van der Waals surface area contributed by atoms with E-state index in [1.807, 2.05) is 27.7 Å². The summed E-state index contributed by atoms with van der Waals surface area (Å²) in [5, 5.41) is 4.13. The number of nitrogens with one attached hydrogen (secondary N) is 1. The second kappa shape index (κ2) is 4.22. The van der Waals surface area contributed by atoms with Gasteiger partial charge in [-0.15, -0.1) is 0 Å². The van der Waals surface area contributed by atoms with Crippen molar-refractivity contribution in [1.29, 1.82) is 0 Å². The lowest BCUT2D eigenvalue weighted by Gasteiger charge is -2.07. The molecule has 3 nitrogen and oxygen atoms in total. The Hall–Kier alpha value is -1.38. The van der Waals surface area contributed by atoms with Crippen molar-refractivity contribution in [2.24, 2.45) is 5.10 Å². The van der Waals surface area contributed by atoms with Gasteiger partial charge in [-0.2, -0.15) is 5.10 Å². The first-order valence-electron chi connectivity index (χ1n) is 4.72. The van der Waals surface area contributed by atoms with E-state index in [0.29, 0.717) is 0 Å². The fraction of sp³-hybridized carbons (Fsp3) is 0.455. The standard InChI is InChI=1S/C11H17N3/c1-7(2)13-14-11-9(4)6-8(3)10(5)12-11/h6H,1-5H3,(H,12,14). The average molecular weight is 191 g/mol. The molecule has 0 fully saturated rings. The monoisotopic (exact) mass is 191 g/mol. The quantitative estimate of drug-likeness (QED) is 0.576. The zero-order valence-corrected chi connectivity index (χ0v) is 9.47. The predicted octanol–water partition coefficient (Wildman–Crippen LogP) is 2.81. The van der Waals surface area contributed by atoms with E-state index in [-0.39, 0.29) is 0 Å². The zero-order valence-electron chi connectivity index (χ0n) is 9.47. The smallest absolute Gasteiger partial charge is 0.149 e. The van der Waals surface area contributed by atoms with E-state index >= 15 is 0 Å². The second-order valence-electron chi connectivity index (χ2n) is 3.73. The van der Waals surface area contributed by atoms with Crippen LogP contribution in [0.25, 0.3) is 0 Å². The van der Waals surface area contributed by atoms with Gasteiger partial charge in [0.25, 0.3) is 0 Å². The van der Waals surface area contributed by atoms with E-state index in [2.05, 4.69) is 28.5 Å². The molecule has 0 atom stereocenters. The number of aryl methyl sites for hydroxylation is 3. The molecule has 1 aromatic rings. The maximum atomic E-state index is 4.43. The summed E-state index contributed by atoms with van der Waals surface area (Å²) in [7, 11) is 0. The van der Waals surface area contributed by atoms with Crippen LogP contribution in [-0.2, 0) is 0 Å². The molecule has 1 heterocycles. The van der Waals surface area contributed by atoms with Crippen LogP contribution in [0.1, 0.15) is 30.7 Å². The third kappa shape index (κ3) is 2.55. The van der Waals surface area contributed by atoms with Crippen LogP contribution in [-0.4, -0.2) is 10.7 Å². The van der Waals surface area contributed by atoms with E-state index in [1.54, 1.807) is 0 Å². The maximum Gasteiger partial charge on any atom is 0.149 e. The van der Waals surface area contributed by atoms with Crippen LogP contribution in [0.3, 0.4) is 0 Å². The molecule has 14 heavy (non-hydrogen) atoms. The number of hydrogen-bond donors (Lipinski definition) is 1. The van der Waals surface area contributed by atoms with Gasteiger partial charge in [-0.1, -0.05) is 6.07 Å². The third-order valence-corrected chi connectivity index (χ3v) is 2.04. The molecular formula is C11H17N3. The first kappa shape index (κ1) is 10.7. The molecule has 0 aliphatic heterocycles. The van der Waals surface area contributed by atoms with E-state index in [0.717, 1.165) is 22.8 Å². The summed E-state index contributed by atoms with van der Waals surface area (Å²) in [5.74, 6) is 0.842. The second-order valence-corrected chi connectivity index (χ2v) is 3.73. The Morgan fingerprint density at radius 3 is 2.43 bits per heavy atom. The van der Waals surface area contributed by atoms with Crippen LogP contribution in [0.5, 0.6) is 0 Å². The van der Waals surface area contributed by atoms with Crippen molar-refractivity contribution in [1.82, 2.24) is 4.98 Å². The van der Waals surface area contributed by atoms with Gasteiger partial charge in [-0.05, 0) is 45.7 Å². The van der Waals surface area contributed by atoms with Crippen LogP contribution in [0.2, 0.25) is 0 Å². The van der Waals surface area contributed by atoms with Gasteiger partial charge in [0.1, 0.15) is 5.82 Å². The zero-order chi connectivity index (χ0) is 10.7. The van der Waals surface area contributed by atoms with Gasteiger partial charge in [0.15, 0.2) is 0 Å². The number of hydrogen-bond acceptors (Lipinski definition) is 3. The lowest BCUT2D eigenvalue weighted by Crippen LogP contribution is -2.00. The van der Waals surface area contributed by atoms with Crippen LogP contribution >= 0.6 is 0 Å². The number of pyridine rings is 1. The van der Waals surface area contributed by atoms with Gasteiger partial charge in [-0.3, -0.25) is 5.43 Å². The summed E-state index contributed by atoms with van der Waals surface area (Å²) in [6.45, 7) is 9.99. The molecule has 0 saturated carbocycles. The highest BCUT2D eigenvalue weighted by atomic mass is 15.3. The van der Waals surface area contributed by atoms with Gasteiger partial charge in [0.2, 0.25) is 0 Å². The van der Waals surface area contributed by atoms with Gasteiger partial charge in [0, 0.05) is 11.4 Å². The summed E-state index contributed by atoms with van der Waals surface area (Å²) in [6.07, 6.45) is 0. The van der Waals surface area contributed by atoms with Crippen molar-refractivity contribution in [2.75, 3.05) is 5.43 Å². The Kier molecular flexibility index (Phi) is 3.23. The molecule has 0 saturated heterocycles. The first-order chi connectivity index (χ1) is 6.50. The fourth-order valence-corrected chi connectivity index (χ4v) is 1.12. The molecule has 0 amide bonds. The van der Waals surface area contributed by atoms with E-state index < -0.39 is 0 Å². The van der Waals surface area contributed by atoms with E-state index in [1.165, 1.54) is 5.56 Å². The lowest BCUT2D eigenvalue weighted by molar-refractivity contribution is 1.10. The SMILES string of the molecule is CC(C)=NNc1nc(C)c(C)cc1C. The Morgan fingerprint density at radius 2 is 1.86 bits per heavy atom. The Balaban J connectivity index is 2.98. The molecule has 1 rings (SSSR count). The largest absolute Gasteiger partial charge is 0.261 e. The fourth-order valence-electron chi connectivity index (χ4n) is 1.12. The first-order valence-corrected chi connectivity index (χ1v) is 4.72. The van der Waals surface area contributed by atoms with Gasteiger partial charge < -0.3 is 0 Å². The molecule has 1 N–H and O–H groups in total. The lowest BCUT2D eigenvalue weighted by atomic mass is 10.1. The van der Waals surface area contributed by atoms with Crippen LogP contribution in [0.15, 0.2) is 11.2 Å². The molecule has 3 heteroatoms. The third-order valence-electron chi connectivity index (χ3n) is 2.04. The molecule has 1 aromatic heterocycles. The molecule has 0 aromatic carbocycles. The van der Waals surface area contributed by atoms with Crippen molar-refractivity contribution in [3.8, 4) is 0 Å². The molecule has 0 radical (unpaired) electrons. The highest BCUT2D eigenvalue weighted by Crippen LogP contribution is 2.15. The van der Waals surface area contributed by atoms with Crippen molar-refractivity contribution in [2.45, 2.75) is 34.6 Å². The molecule has 76 valence electrons. The summed E-state index contributed by atoms with van der Waals surface area (Å²) in [6, 6.07) is 2.12. The maximum absolute atomic E-state index is 4.43. The number of hydrazone groups is 1. The number of anilines is 1. The Labute approximate surface area is 85.3 Å². The van der Waals surface area contributed by atoms with Gasteiger partial charge in [-0.25, -0.2) is 4.98 Å². The normalized spacial score (nSPS) is 9.79. The molecule has 0 bridgehead atoms. The van der Waals surface area contributed by atoms with Crippen molar-refractivity contribution < 1.29 is 0 Å². The van der Waals surface area contributed by atoms with Crippen molar-refractivity contribution in [3.05, 3.63) is 22.9 Å². The van der Waals surface area contributed by atoms with Crippen LogP contribution < -0.4 is 5.43 Å². The minimum absolute atomic E-state index is 0.842. The van der Waals surface area contributed by atoms with Crippen molar-refractivity contribution in [3.63, 3.8) is 0 Å². The highest BCUT2D eigenvalue weighted by molar-refractivity contribution is 5.79. The number of rotatable bonds is 2. The number of nitrogens with zero attached hydrogens (tertiary/aromatic N) is 2. The Morgan fingerprint density at radius 1 is 1.21 bits per heavy atom. The molecule has 0 unspecified atom stereocenters. The minimum Gasteiger partial charge on any atom is -0.261 e. The van der Waals surface area contributed by atoms with Gasteiger partial charge >= 0.3 is 0 Å². The van der Waals surface area contributed by atoms with Crippen molar-refractivity contribution >= 4 is 11.5 Å². The highest BCUT2D eigenvalue weighted by Gasteiger charge is 2.01. The number of aromatic nitrogens is 1.